The molecule has 0 atom stereocenters. The molecule has 8 nitrogen and oxygen atoms in total. The number of nitrogens with one attached hydrogen (secondary N) is 1. The molecule has 0 bridgehead atoms. The van der Waals surface area contributed by atoms with E-state index in [0.29, 0.717) is 30.6 Å². The van der Waals surface area contributed by atoms with Gasteiger partial charge in [0.1, 0.15) is 18.2 Å². The molecule has 3 aromatic heterocycles. The molecule has 0 aliphatic heterocycles. The molecule has 33 heavy (non-hydrogen) atoms. The van der Waals surface area contributed by atoms with Crippen molar-refractivity contribution < 1.29 is 9.26 Å². The first-order valence-electron chi connectivity index (χ1n) is 10.7. The summed E-state index contributed by atoms with van der Waals surface area (Å²) in [5.41, 5.74) is 3.88. The van der Waals surface area contributed by atoms with Gasteiger partial charge in [-0.25, -0.2) is 4.98 Å². The minimum absolute atomic E-state index is 0.482. The molecule has 0 fully saturated rings. The second-order valence-corrected chi connectivity index (χ2v) is 7.52. The van der Waals surface area contributed by atoms with Gasteiger partial charge in [-0.15, -0.1) is 0 Å². The summed E-state index contributed by atoms with van der Waals surface area (Å²) in [6, 6.07) is 19.5. The van der Waals surface area contributed by atoms with E-state index in [1.807, 2.05) is 67.6 Å². The lowest BCUT2D eigenvalue weighted by Gasteiger charge is -2.06. The maximum absolute atomic E-state index is 5.81. The van der Waals surface area contributed by atoms with E-state index in [1.165, 1.54) is 0 Å². The average Bonchev–Trinajstić information content (AvgIpc) is 3.54. The number of ether oxygens (including phenoxy) is 1. The standard InChI is InChI=1S/C25H22N6O2/c1-2-22-27-24(30-29-22)19-7-9-20(10-8-19)25-28-23(31-33-25)14-17-5-11-21(12-6-17)32-16-18-4-3-13-26-15-18/h3-13,15H,2,14,16H2,1H3,(H,27,29,30). The Morgan fingerprint density at radius 1 is 0.909 bits per heavy atom. The van der Waals surface area contributed by atoms with E-state index in [4.69, 9.17) is 9.26 Å². The van der Waals surface area contributed by atoms with Crippen LogP contribution in [0.15, 0.2) is 77.6 Å². The van der Waals surface area contributed by atoms with Crippen LogP contribution in [0.5, 0.6) is 5.75 Å². The maximum atomic E-state index is 5.81. The summed E-state index contributed by atoms with van der Waals surface area (Å²) in [7, 11) is 0. The lowest BCUT2D eigenvalue weighted by molar-refractivity contribution is 0.305. The van der Waals surface area contributed by atoms with E-state index >= 15 is 0 Å². The summed E-state index contributed by atoms with van der Waals surface area (Å²) in [6.45, 7) is 2.52. The summed E-state index contributed by atoms with van der Waals surface area (Å²) in [4.78, 5) is 13.1. The Kier molecular flexibility index (Phi) is 5.88. The lowest BCUT2D eigenvalue weighted by Crippen LogP contribution is -1.96. The second-order valence-electron chi connectivity index (χ2n) is 7.52. The average molecular weight is 438 g/mol. The zero-order valence-electron chi connectivity index (χ0n) is 18.1. The van der Waals surface area contributed by atoms with Crippen LogP contribution in [-0.4, -0.2) is 30.3 Å². The molecule has 0 saturated heterocycles. The van der Waals surface area contributed by atoms with E-state index in [1.54, 1.807) is 12.4 Å². The van der Waals surface area contributed by atoms with Crippen LogP contribution in [0.3, 0.4) is 0 Å². The number of rotatable bonds is 8. The molecule has 0 aliphatic carbocycles. The molecule has 164 valence electrons. The lowest BCUT2D eigenvalue weighted by atomic mass is 10.1. The predicted molar refractivity (Wildman–Crippen MR) is 122 cm³/mol. The monoisotopic (exact) mass is 438 g/mol. The third kappa shape index (κ3) is 4.95. The fourth-order valence-electron chi connectivity index (χ4n) is 3.32. The van der Waals surface area contributed by atoms with Gasteiger partial charge in [-0.05, 0) is 35.9 Å². The SMILES string of the molecule is CCc1nc(-c2ccc(-c3nc(Cc4ccc(OCc5cccnc5)cc4)no3)cc2)n[nH]1. The van der Waals surface area contributed by atoms with Crippen molar-refractivity contribution in [3.8, 4) is 28.6 Å². The number of hydrogen-bond acceptors (Lipinski definition) is 7. The number of aromatic amines is 1. The van der Waals surface area contributed by atoms with E-state index in [0.717, 1.165) is 40.2 Å². The minimum Gasteiger partial charge on any atom is -0.489 e. The molecule has 0 saturated carbocycles. The molecular weight excluding hydrogens is 416 g/mol. The van der Waals surface area contributed by atoms with E-state index < -0.39 is 0 Å². The van der Waals surface area contributed by atoms with Crippen LogP contribution in [0, 0.1) is 0 Å². The highest BCUT2D eigenvalue weighted by atomic mass is 16.5. The minimum atomic E-state index is 0.482. The topological polar surface area (TPSA) is 103 Å². The molecule has 0 aliphatic rings. The summed E-state index contributed by atoms with van der Waals surface area (Å²) < 4.78 is 11.3. The van der Waals surface area contributed by atoms with Crippen molar-refractivity contribution in [1.82, 2.24) is 30.3 Å². The van der Waals surface area contributed by atoms with Crippen LogP contribution in [0.25, 0.3) is 22.8 Å². The first-order chi connectivity index (χ1) is 16.3. The number of aryl methyl sites for hydroxylation is 1. The van der Waals surface area contributed by atoms with Crippen LogP contribution in [0.4, 0.5) is 0 Å². The number of hydrogen-bond donors (Lipinski definition) is 1. The summed E-state index contributed by atoms with van der Waals surface area (Å²) in [6.07, 6.45) is 4.93. The van der Waals surface area contributed by atoms with Crippen molar-refractivity contribution in [1.29, 1.82) is 0 Å². The van der Waals surface area contributed by atoms with Crippen molar-refractivity contribution in [3.05, 3.63) is 95.8 Å². The first-order valence-corrected chi connectivity index (χ1v) is 10.7. The van der Waals surface area contributed by atoms with E-state index in [9.17, 15) is 0 Å². The summed E-state index contributed by atoms with van der Waals surface area (Å²) >= 11 is 0. The molecular formula is C25H22N6O2. The highest BCUT2D eigenvalue weighted by Crippen LogP contribution is 2.23. The van der Waals surface area contributed by atoms with Gasteiger partial charge in [0.15, 0.2) is 11.6 Å². The van der Waals surface area contributed by atoms with Crippen LogP contribution < -0.4 is 4.74 Å². The highest BCUT2D eigenvalue weighted by molar-refractivity contribution is 5.62. The normalized spacial score (nSPS) is 10.9. The Hall–Kier alpha value is -4.33. The molecule has 8 heteroatoms. The summed E-state index contributed by atoms with van der Waals surface area (Å²) in [5.74, 6) is 3.45. The Balaban J connectivity index is 1.21. The van der Waals surface area contributed by atoms with E-state index in [2.05, 4.69) is 30.3 Å². The number of H-pyrrole nitrogens is 1. The van der Waals surface area contributed by atoms with Gasteiger partial charge in [0.2, 0.25) is 0 Å². The molecule has 5 aromatic rings. The van der Waals surface area contributed by atoms with Crippen LogP contribution in [0.2, 0.25) is 0 Å². The van der Waals surface area contributed by atoms with E-state index in [-0.39, 0.29) is 0 Å². The molecule has 5 rings (SSSR count). The molecule has 2 aromatic carbocycles. The highest BCUT2D eigenvalue weighted by Gasteiger charge is 2.11. The second kappa shape index (κ2) is 9.44. The van der Waals surface area contributed by atoms with Crippen molar-refractivity contribution in [2.45, 2.75) is 26.4 Å². The fraction of sp³-hybridized carbons (Fsp3) is 0.160. The van der Waals surface area contributed by atoms with Crippen LogP contribution >= 0.6 is 0 Å². The first kappa shape index (κ1) is 20.6. The van der Waals surface area contributed by atoms with Gasteiger partial charge in [-0.1, -0.05) is 42.4 Å². The third-order valence-electron chi connectivity index (χ3n) is 5.14. The fourth-order valence-corrected chi connectivity index (χ4v) is 3.32. The van der Waals surface area contributed by atoms with Crippen molar-refractivity contribution in [2.75, 3.05) is 0 Å². The van der Waals surface area contributed by atoms with Gasteiger partial charge in [-0.2, -0.15) is 10.1 Å². The number of nitrogens with zero attached hydrogens (tertiary/aromatic N) is 5. The molecule has 3 heterocycles. The van der Waals surface area contributed by atoms with Crippen LogP contribution in [-0.2, 0) is 19.4 Å². The molecule has 0 radical (unpaired) electrons. The molecule has 0 unspecified atom stereocenters. The Bertz CT molecular complexity index is 1310. The Morgan fingerprint density at radius 3 is 2.45 bits per heavy atom. The number of pyridine rings is 1. The van der Waals surface area contributed by atoms with Gasteiger partial charge in [0.25, 0.3) is 5.89 Å². The van der Waals surface area contributed by atoms with Gasteiger partial charge < -0.3 is 9.26 Å². The van der Waals surface area contributed by atoms with Crippen molar-refractivity contribution in [2.24, 2.45) is 0 Å². The Morgan fingerprint density at radius 2 is 1.73 bits per heavy atom. The van der Waals surface area contributed by atoms with Crippen molar-refractivity contribution >= 4 is 0 Å². The predicted octanol–water partition coefficient (Wildman–Crippen LogP) is 4.65. The molecule has 0 amide bonds. The van der Waals surface area contributed by atoms with Crippen molar-refractivity contribution in [3.63, 3.8) is 0 Å². The zero-order chi connectivity index (χ0) is 22.5. The third-order valence-corrected chi connectivity index (χ3v) is 5.14. The van der Waals surface area contributed by atoms with Crippen LogP contribution in [0.1, 0.15) is 29.7 Å². The summed E-state index contributed by atoms with van der Waals surface area (Å²) in [5, 5.41) is 11.3. The number of aromatic nitrogens is 6. The largest absolute Gasteiger partial charge is 0.489 e. The molecule has 1 N–H and O–H groups in total. The maximum Gasteiger partial charge on any atom is 0.257 e. The van der Waals surface area contributed by atoms with Gasteiger partial charge in [-0.3, -0.25) is 10.1 Å². The quantitative estimate of drug-likeness (QED) is 0.376. The molecule has 0 spiro atoms. The zero-order valence-corrected chi connectivity index (χ0v) is 18.1. The smallest absolute Gasteiger partial charge is 0.257 e. The number of benzene rings is 2. The van der Waals surface area contributed by atoms with Gasteiger partial charge in [0.05, 0.1) is 0 Å². The van der Waals surface area contributed by atoms with Gasteiger partial charge in [0, 0.05) is 41.9 Å². The Labute approximate surface area is 190 Å². The van der Waals surface area contributed by atoms with Gasteiger partial charge >= 0.3 is 0 Å².